The van der Waals surface area contributed by atoms with Crippen LogP contribution in [0.15, 0.2) is 46.9 Å². The SMILES string of the molecule is O=C(Nc1ccc(Br)cc1)c1ccc(I)c(Cl)c1. The van der Waals surface area contributed by atoms with Crippen molar-refractivity contribution in [1.29, 1.82) is 0 Å². The summed E-state index contributed by atoms with van der Waals surface area (Å²) in [4.78, 5) is 12.0. The van der Waals surface area contributed by atoms with Gasteiger partial charge in [-0.25, -0.2) is 0 Å². The van der Waals surface area contributed by atoms with E-state index in [1.807, 2.05) is 30.3 Å². The lowest BCUT2D eigenvalue weighted by Gasteiger charge is -2.06. The third kappa shape index (κ3) is 3.46. The molecule has 0 aliphatic heterocycles. The third-order valence-electron chi connectivity index (χ3n) is 2.28. The Bertz CT molecular complexity index is 586. The van der Waals surface area contributed by atoms with Crippen molar-refractivity contribution < 1.29 is 4.79 Å². The molecule has 0 fully saturated rings. The Kier molecular flexibility index (Phi) is 4.64. The van der Waals surface area contributed by atoms with Crippen LogP contribution in [0.4, 0.5) is 5.69 Å². The highest BCUT2D eigenvalue weighted by molar-refractivity contribution is 14.1. The third-order valence-corrected chi connectivity index (χ3v) is 4.38. The second-order valence-corrected chi connectivity index (χ2v) is 6.07. The van der Waals surface area contributed by atoms with E-state index in [1.54, 1.807) is 12.1 Å². The molecule has 92 valence electrons. The monoisotopic (exact) mass is 435 g/mol. The van der Waals surface area contributed by atoms with E-state index >= 15 is 0 Å². The average Bonchev–Trinajstić information content (AvgIpc) is 2.35. The first-order valence-corrected chi connectivity index (χ1v) is 7.33. The Balaban J connectivity index is 2.16. The maximum Gasteiger partial charge on any atom is 0.255 e. The number of halogens is 3. The van der Waals surface area contributed by atoms with Crippen LogP contribution in [-0.2, 0) is 0 Å². The van der Waals surface area contributed by atoms with Crippen LogP contribution in [0.25, 0.3) is 0 Å². The first-order chi connectivity index (χ1) is 8.56. The summed E-state index contributed by atoms with van der Waals surface area (Å²) >= 11 is 11.5. The number of anilines is 1. The Morgan fingerprint density at radius 1 is 1.17 bits per heavy atom. The average molecular weight is 436 g/mol. The zero-order valence-electron chi connectivity index (χ0n) is 9.08. The van der Waals surface area contributed by atoms with E-state index < -0.39 is 0 Å². The standard InChI is InChI=1S/C13H8BrClINO/c14-9-2-4-10(5-3-9)17-13(18)8-1-6-12(16)11(15)7-8/h1-7H,(H,17,18). The molecule has 0 heterocycles. The zero-order valence-corrected chi connectivity index (χ0v) is 13.6. The highest BCUT2D eigenvalue weighted by Crippen LogP contribution is 2.20. The highest BCUT2D eigenvalue weighted by Gasteiger charge is 2.08. The van der Waals surface area contributed by atoms with Gasteiger partial charge in [-0.05, 0) is 65.1 Å². The molecule has 1 amide bonds. The first kappa shape index (κ1) is 13.8. The lowest BCUT2D eigenvalue weighted by Crippen LogP contribution is -2.11. The summed E-state index contributed by atoms with van der Waals surface area (Å²) in [6.45, 7) is 0. The summed E-state index contributed by atoms with van der Waals surface area (Å²) in [6.07, 6.45) is 0. The molecule has 0 unspecified atom stereocenters. The molecule has 0 saturated carbocycles. The summed E-state index contributed by atoms with van der Waals surface area (Å²) in [7, 11) is 0. The molecule has 2 nitrogen and oxygen atoms in total. The number of carbonyl (C=O) groups is 1. The number of rotatable bonds is 2. The van der Waals surface area contributed by atoms with Crippen LogP contribution in [0.3, 0.4) is 0 Å². The summed E-state index contributed by atoms with van der Waals surface area (Å²) in [5.41, 5.74) is 1.29. The minimum atomic E-state index is -0.171. The van der Waals surface area contributed by atoms with Gasteiger partial charge in [-0.3, -0.25) is 4.79 Å². The molecule has 0 spiro atoms. The van der Waals surface area contributed by atoms with Crippen molar-refractivity contribution in [3.05, 3.63) is 61.1 Å². The van der Waals surface area contributed by atoms with E-state index in [0.717, 1.165) is 13.7 Å². The molecular formula is C13H8BrClINO. The van der Waals surface area contributed by atoms with Gasteiger partial charge in [0.25, 0.3) is 5.91 Å². The van der Waals surface area contributed by atoms with E-state index in [1.165, 1.54) is 0 Å². The van der Waals surface area contributed by atoms with Crippen LogP contribution < -0.4 is 5.32 Å². The van der Waals surface area contributed by atoms with Crippen LogP contribution in [0, 0.1) is 3.57 Å². The highest BCUT2D eigenvalue weighted by atomic mass is 127. The number of hydrogen-bond donors (Lipinski definition) is 1. The Morgan fingerprint density at radius 2 is 1.83 bits per heavy atom. The summed E-state index contributed by atoms with van der Waals surface area (Å²) < 4.78 is 1.90. The Morgan fingerprint density at radius 3 is 2.44 bits per heavy atom. The van der Waals surface area contributed by atoms with Crippen LogP contribution in [0.5, 0.6) is 0 Å². The number of benzene rings is 2. The van der Waals surface area contributed by atoms with Crippen molar-refractivity contribution in [2.24, 2.45) is 0 Å². The van der Waals surface area contributed by atoms with Crippen molar-refractivity contribution >= 4 is 61.7 Å². The van der Waals surface area contributed by atoms with Gasteiger partial charge in [0.05, 0.1) is 5.02 Å². The van der Waals surface area contributed by atoms with Gasteiger partial charge >= 0.3 is 0 Å². The van der Waals surface area contributed by atoms with Crippen molar-refractivity contribution in [3.8, 4) is 0 Å². The zero-order chi connectivity index (χ0) is 13.1. The molecule has 0 aromatic heterocycles. The van der Waals surface area contributed by atoms with Crippen molar-refractivity contribution in [2.75, 3.05) is 5.32 Å². The summed E-state index contributed by atoms with van der Waals surface area (Å²) in [5.74, 6) is -0.171. The molecule has 0 aliphatic carbocycles. The van der Waals surface area contributed by atoms with Crippen LogP contribution in [0.2, 0.25) is 5.02 Å². The summed E-state index contributed by atoms with van der Waals surface area (Å²) in [6, 6.07) is 12.6. The van der Waals surface area contributed by atoms with Crippen molar-refractivity contribution in [2.45, 2.75) is 0 Å². The predicted octanol–water partition coefficient (Wildman–Crippen LogP) is 4.96. The Hall–Kier alpha value is -0.590. The molecule has 1 N–H and O–H groups in total. The van der Waals surface area contributed by atoms with E-state index in [9.17, 15) is 4.79 Å². The van der Waals surface area contributed by atoms with Crippen molar-refractivity contribution in [3.63, 3.8) is 0 Å². The van der Waals surface area contributed by atoms with Gasteiger partial charge in [-0.1, -0.05) is 27.5 Å². The molecule has 2 rings (SSSR count). The molecular weight excluding hydrogens is 428 g/mol. The van der Waals surface area contributed by atoms with E-state index in [4.69, 9.17) is 11.6 Å². The molecule has 0 atom stereocenters. The number of carbonyl (C=O) groups excluding carboxylic acids is 1. The fourth-order valence-corrected chi connectivity index (χ4v) is 2.15. The van der Waals surface area contributed by atoms with Crippen LogP contribution in [0.1, 0.15) is 10.4 Å². The smallest absolute Gasteiger partial charge is 0.255 e. The first-order valence-electron chi connectivity index (χ1n) is 5.08. The number of nitrogens with one attached hydrogen (secondary N) is 1. The second kappa shape index (κ2) is 6.04. The molecule has 5 heteroatoms. The van der Waals surface area contributed by atoms with Gasteiger partial charge in [0.1, 0.15) is 0 Å². The molecule has 18 heavy (non-hydrogen) atoms. The fraction of sp³-hybridized carbons (Fsp3) is 0. The van der Waals surface area contributed by atoms with Crippen LogP contribution in [-0.4, -0.2) is 5.91 Å². The molecule has 0 radical (unpaired) electrons. The topological polar surface area (TPSA) is 29.1 Å². The molecule has 2 aromatic rings. The van der Waals surface area contributed by atoms with Gasteiger partial charge in [0, 0.05) is 19.3 Å². The molecule has 2 aromatic carbocycles. The normalized spacial score (nSPS) is 10.2. The van der Waals surface area contributed by atoms with E-state index in [2.05, 4.69) is 43.8 Å². The maximum atomic E-state index is 12.0. The fourth-order valence-electron chi connectivity index (χ4n) is 1.37. The van der Waals surface area contributed by atoms with Gasteiger partial charge in [0.2, 0.25) is 0 Å². The quantitative estimate of drug-likeness (QED) is 0.663. The summed E-state index contributed by atoms with van der Waals surface area (Å²) in [5, 5.41) is 3.39. The van der Waals surface area contributed by atoms with E-state index in [0.29, 0.717) is 10.6 Å². The van der Waals surface area contributed by atoms with Gasteiger partial charge in [-0.15, -0.1) is 0 Å². The van der Waals surface area contributed by atoms with Gasteiger partial charge in [0.15, 0.2) is 0 Å². The Labute approximate surface area is 132 Å². The second-order valence-electron chi connectivity index (χ2n) is 3.59. The maximum absolute atomic E-state index is 12.0. The minimum Gasteiger partial charge on any atom is -0.322 e. The lowest BCUT2D eigenvalue weighted by atomic mass is 10.2. The predicted molar refractivity (Wildman–Crippen MR) is 86.3 cm³/mol. The molecule has 0 saturated heterocycles. The van der Waals surface area contributed by atoms with E-state index in [-0.39, 0.29) is 5.91 Å². The largest absolute Gasteiger partial charge is 0.322 e. The molecule has 0 aliphatic rings. The lowest BCUT2D eigenvalue weighted by molar-refractivity contribution is 0.102. The van der Waals surface area contributed by atoms with Crippen molar-refractivity contribution in [1.82, 2.24) is 0 Å². The van der Waals surface area contributed by atoms with Gasteiger partial charge in [-0.2, -0.15) is 0 Å². The minimum absolute atomic E-state index is 0.171. The van der Waals surface area contributed by atoms with Gasteiger partial charge < -0.3 is 5.32 Å². The number of hydrogen-bond acceptors (Lipinski definition) is 1. The van der Waals surface area contributed by atoms with Crippen LogP contribution >= 0.6 is 50.1 Å². The molecule has 0 bridgehead atoms. The number of amides is 1.